The van der Waals surface area contributed by atoms with Crippen molar-refractivity contribution in [2.45, 2.75) is 39.2 Å². The van der Waals surface area contributed by atoms with E-state index < -0.39 is 0 Å². The Hall–Kier alpha value is -3.57. The lowest BCUT2D eigenvalue weighted by molar-refractivity contribution is -0.127. The van der Waals surface area contributed by atoms with Crippen molar-refractivity contribution in [3.8, 4) is 0 Å². The molecule has 1 aliphatic rings. The van der Waals surface area contributed by atoms with Gasteiger partial charge in [-0.05, 0) is 63.0 Å². The first-order chi connectivity index (χ1) is 16.7. The lowest BCUT2D eigenvalue weighted by atomic mass is 9.98. The molecule has 0 saturated carbocycles. The molecule has 186 valence electrons. The monoisotopic (exact) mass is 479 g/mol. The minimum Gasteiger partial charge on any atom is -0.349 e. The van der Waals surface area contributed by atoms with E-state index in [9.17, 15) is 9.59 Å². The second kappa shape index (κ2) is 9.96. The van der Waals surface area contributed by atoms with Crippen LogP contribution in [0.2, 0.25) is 0 Å². The largest absolute Gasteiger partial charge is 0.349 e. The zero-order chi connectivity index (χ0) is 25.3. The molecule has 1 aromatic carbocycles. The number of hydrogen-bond acceptors (Lipinski definition) is 8. The Bertz CT molecular complexity index is 1270. The van der Waals surface area contributed by atoms with Crippen molar-refractivity contribution < 1.29 is 9.59 Å². The van der Waals surface area contributed by atoms with Gasteiger partial charge in [-0.3, -0.25) is 9.59 Å². The van der Waals surface area contributed by atoms with E-state index in [1.54, 1.807) is 19.0 Å². The molecule has 0 bridgehead atoms. The number of likely N-dealkylation sites (N-methyl/N-ethyl adjacent to an activating group) is 2. The lowest BCUT2D eigenvalue weighted by Crippen LogP contribution is -2.34. The average molecular weight is 480 g/mol. The highest BCUT2D eigenvalue weighted by molar-refractivity contribution is 6.13. The molecule has 0 spiro atoms. The van der Waals surface area contributed by atoms with Crippen LogP contribution in [-0.4, -0.2) is 75.6 Å². The smallest absolute Gasteiger partial charge is 0.277 e. The van der Waals surface area contributed by atoms with E-state index in [4.69, 9.17) is 10.9 Å². The molecule has 11 heteroatoms. The first-order valence-electron chi connectivity index (χ1n) is 11.7. The summed E-state index contributed by atoms with van der Waals surface area (Å²) in [5, 5.41) is 8.19. The van der Waals surface area contributed by atoms with Crippen LogP contribution in [0.15, 0.2) is 18.5 Å². The zero-order valence-electron chi connectivity index (χ0n) is 20.9. The summed E-state index contributed by atoms with van der Waals surface area (Å²) in [6, 6.07) is 3.80. The van der Waals surface area contributed by atoms with Gasteiger partial charge in [0, 0.05) is 26.3 Å². The van der Waals surface area contributed by atoms with E-state index in [-0.39, 0.29) is 23.6 Å². The summed E-state index contributed by atoms with van der Waals surface area (Å²) in [5.41, 5.74) is 6.82. The van der Waals surface area contributed by atoms with Gasteiger partial charge in [-0.25, -0.2) is 20.5 Å². The van der Waals surface area contributed by atoms with Gasteiger partial charge in [-0.1, -0.05) is 6.07 Å². The molecule has 2 aromatic heterocycles. The number of nitrogen functional groups attached to an aromatic ring is 1. The number of aromatic nitrogens is 4. The van der Waals surface area contributed by atoms with Gasteiger partial charge >= 0.3 is 0 Å². The molecule has 35 heavy (non-hydrogen) atoms. The third-order valence-electron chi connectivity index (χ3n) is 6.77. The number of fused-ring (bicyclic) bond motifs is 1. The molecule has 1 fully saturated rings. The molecular weight excluding hydrogens is 446 g/mol. The molecular formula is C24H33N9O2. The Morgan fingerprint density at radius 1 is 1.20 bits per heavy atom. The number of carbonyl (C=O) groups excluding carboxylic acids is 2. The van der Waals surface area contributed by atoms with Crippen molar-refractivity contribution in [1.29, 1.82) is 0 Å². The Kier molecular flexibility index (Phi) is 6.99. The lowest BCUT2D eigenvalue weighted by Gasteiger charge is -2.29. The fourth-order valence-corrected chi connectivity index (χ4v) is 4.54. The second-order valence-corrected chi connectivity index (χ2v) is 9.36. The summed E-state index contributed by atoms with van der Waals surface area (Å²) in [4.78, 5) is 38.1. The van der Waals surface area contributed by atoms with Gasteiger partial charge in [0.2, 0.25) is 5.91 Å². The van der Waals surface area contributed by atoms with E-state index in [0.717, 1.165) is 42.6 Å². The van der Waals surface area contributed by atoms with Crippen LogP contribution in [0.25, 0.3) is 11.0 Å². The van der Waals surface area contributed by atoms with Crippen molar-refractivity contribution >= 4 is 34.4 Å². The fraction of sp³-hybridized carbons (Fsp3) is 0.458. The maximum Gasteiger partial charge on any atom is 0.277 e. The molecule has 3 heterocycles. The van der Waals surface area contributed by atoms with E-state index in [1.807, 2.05) is 30.7 Å². The van der Waals surface area contributed by atoms with Crippen LogP contribution in [0.1, 0.15) is 46.1 Å². The number of carbonyl (C=O) groups is 2. The molecule has 1 unspecified atom stereocenters. The second-order valence-electron chi connectivity index (χ2n) is 9.36. The quantitative estimate of drug-likeness (QED) is 0.360. The molecule has 2 amide bonds. The van der Waals surface area contributed by atoms with E-state index in [2.05, 4.69) is 32.7 Å². The molecule has 11 nitrogen and oxygen atoms in total. The summed E-state index contributed by atoms with van der Waals surface area (Å²) < 4.78 is 1.83. The summed E-state index contributed by atoms with van der Waals surface area (Å²) in [6.45, 7) is 5.73. The standard InChI is InChI=1S/C24H33N9O2/c1-14-15(2)18(9-8-16(14)11-19(34)31(3)4)28-24(35)21-20-22(29-25)26-13-27-23(20)33(30-21)17-7-6-10-32(5)12-17/h8-9,13,17H,6-7,10-12,25H2,1-5H3,(H,28,35)(H,26,27,29). The Morgan fingerprint density at radius 3 is 2.66 bits per heavy atom. The van der Waals surface area contributed by atoms with Gasteiger partial charge in [0.25, 0.3) is 5.91 Å². The Labute approximate surface area is 204 Å². The number of hydrogen-bond donors (Lipinski definition) is 3. The topological polar surface area (TPSA) is 134 Å². The van der Waals surface area contributed by atoms with Gasteiger partial charge in [-0.15, -0.1) is 0 Å². The number of hydrazine groups is 1. The van der Waals surface area contributed by atoms with Crippen LogP contribution in [0.4, 0.5) is 11.5 Å². The minimum absolute atomic E-state index is 0.0245. The number of amides is 2. The summed E-state index contributed by atoms with van der Waals surface area (Å²) >= 11 is 0. The van der Waals surface area contributed by atoms with Gasteiger partial charge < -0.3 is 20.5 Å². The number of anilines is 2. The highest BCUT2D eigenvalue weighted by atomic mass is 16.2. The predicted molar refractivity (Wildman–Crippen MR) is 135 cm³/mol. The molecule has 3 aromatic rings. The van der Waals surface area contributed by atoms with Gasteiger partial charge in [0.15, 0.2) is 17.2 Å². The van der Waals surface area contributed by atoms with Gasteiger partial charge in [-0.2, -0.15) is 5.10 Å². The van der Waals surface area contributed by atoms with Crippen molar-refractivity contribution in [1.82, 2.24) is 29.5 Å². The number of likely N-dealkylation sites (tertiary alicyclic amines) is 1. The molecule has 1 aliphatic heterocycles. The maximum absolute atomic E-state index is 13.5. The number of piperidine rings is 1. The third-order valence-corrected chi connectivity index (χ3v) is 6.77. The molecule has 1 saturated heterocycles. The summed E-state index contributed by atoms with van der Waals surface area (Å²) in [5.74, 6) is 5.72. The first-order valence-corrected chi connectivity index (χ1v) is 11.7. The van der Waals surface area contributed by atoms with Crippen molar-refractivity contribution in [3.05, 3.63) is 40.8 Å². The number of nitrogens with zero attached hydrogens (tertiary/aromatic N) is 6. The van der Waals surface area contributed by atoms with Crippen LogP contribution in [0, 0.1) is 13.8 Å². The van der Waals surface area contributed by atoms with Crippen molar-refractivity contribution in [2.75, 3.05) is 45.0 Å². The Morgan fingerprint density at radius 2 is 1.97 bits per heavy atom. The third kappa shape index (κ3) is 4.82. The van der Waals surface area contributed by atoms with Gasteiger partial charge in [0.05, 0.1) is 17.8 Å². The van der Waals surface area contributed by atoms with Crippen LogP contribution in [0.3, 0.4) is 0 Å². The summed E-state index contributed by atoms with van der Waals surface area (Å²) in [6.07, 6.45) is 3.72. The highest BCUT2D eigenvalue weighted by Gasteiger charge is 2.28. The zero-order valence-corrected chi connectivity index (χ0v) is 20.9. The van der Waals surface area contributed by atoms with Crippen molar-refractivity contribution in [3.63, 3.8) is 0 Å². The van der Waals surface area contributed by atoms with Crippen LogP contribution < -0.4 is 16.6 Å². The molecule has 0 aliphatic carbocycles. The number of rotatable bonds is 6. The molecule has 4 N–H and O–H groups in total. The fourth-order valence-electron chi connectivity index (χ4n) is 4.54. The maximum atomic E-state index is 13.5. The van der Waals surface area contributed by atoms with Crippen LogP contribution in [-0.2, 0) is 11.2 Å². The first kappa shape index (κ1) is 24.6. The highest BCUT2D eigenvalue weighted by Crippen LogP contribution is 2.30. The van der Waals surface area contributed by atoms with E-state index >= 15 is 0 Å². The number of nitrogens with one attached hydrogen (secondary N) is 2. The van der Waals surface area contributed by atoms with E-state index in [1.165, 1.54) is 6.33 Å². The average Bonchev–Trinajstić information content (AvgIpc) is 3.23. The molecule has 1 atom stereocenters. The Balaban J connectivity index is 1.69. The normalized spacial score (nSPS) is 16.3. The van der Waals surface area contributed by atoms with Gasteiger partial charge in [0.1, 0.15) is 6.33 Å². The predicted octanol–water partition coefficient (Wildman–Crippen LogP) is 1.88. The van der Waals surface area contributed by atoms with Crippen molar-refractivity contribution in [2.24, 2.45) is 5.84 Å². The SMILES string of the molecule is Cc1c(CC(=O)N(C)C)ccc(NC(=O)c2nn(C3CCCN(C)C3)c3ncnc(NN)c23)c1C. The van der Waals surface area contributed by atoms with E-state index in [0.29, 0.717) is 29.0 Å². The van der Waals surface area contributed by atoms with Crippen LogP contribution >= 0.6 is 0 Å². The number of benzene rings is 1. The number of nitrogens with two attached hydrogens (primary N) is 1. The minimum atomic E-state index is -0.371. The summed E-state index contributed by atoms with van der Waals surface area (Å²) in [7, 11) is 5.55. The van der Waals surface area contributed by atoms with Crippen LogP contribution in [0.5, 0.6) is 0 Å². The molecule has 4 rings (SSSR count). The molecule has 0 radical (unpaired) electrons.